The van der Waals surface area contributed by atoms with Gasteiger partial charge in [0.05, 0.1) is 20.9 Å². The van der Waals surface area contributed by atoms with Crippen molar-refractivity contribution in [3.8, 4) is 0 Å². The Hall–Kier alpha value is -0.500. The molecule has 20 heavy (non-hydrogen) atoms. The van der Waals surface area contributed by atoms with Gasteiger partial charge in [-0.25, -0.2) is 14.4 Å². The van der Waals surface area contributed by atoms with Gasteiger partial charge in [-0.2, -0.15) is 0 Å². The van der Waals surface area contributed by atoms with Gasteiger partial charge in [-0.1, -0.05) is 35.3 Å². The predicted octanol–water partition coefficient (Wildman–Crippen LogP) is 4.26. The quantitative estimate of drug-likeness (QED) is 0.541. The molecule has 0 unspecified atom stereocenters. The van der Waals surface area contributed by atoms with E-state index in [0.717, 1.165) is 3.57 Å². The molecule has 7 heteroatoms. The fourth-order valence-corrected chi connectivity index (χ4v) is 2.48. The molecule has 0 aliphatic heterocycles. The first kappa shape index (κ1) is 15.9. The van der Waals surface area contributed by atoms with Gasteiger partial charge in [-0.05, 0) is 34.2 Å². The maximum atomic E-state index is 13.9. The van der Waals surface area contributed by atoms with Gasteiger partial charge in [0.1, 0.15) is 16.8 Å². The highest BCUT2D eigenvalue weighted by atomic mass is 127. The summed E-state index contributed by atoms with van der Waals surface area (Å²) in [5, 5.41) is 0.418. The number of hydrogen-bond acceptors (Lipinski definition) is 3. The lowest BCUT2D eigenvalue weighted by molar-refractivity contribution is 0.180. The molecule has 0 aliphatic carbocycles. The van der Waals surface area contributed by atoms with Crippen molar-refractivity contribution in [3.05, 3.63) is 54.8 Å². The molecule has 0 saturated heterocycles. The van der Waals surface area contributed by atoms with Crippen LogP contribution in [0.3, 0.4) is 0 Å². The molecule has 0 bridgehead atoms. The molecule has 0 fully saturated rings. The summed E-state index contributed by atoms with van der Waals surface area (Å²) in [4.78, 5) is 8.51. The SMILES string of the molecule is COCc1nc(Cc2cccc(Cl)c2F)nc(Cl)c1I. The standard InChI is InChI=1S/C13H10Cl2FIN2O/c1-20-6-9-12(17)13(15)19-10(18-9)5-7-3-2-4-8(14)11(7)16/h2-4H,5-6H2,1H3. The van der Waals surface area contributed by atoms with Gasteiger partial charge < -0.3 is 4.74 Å². The van der Waals surface area contributed by atoms with Crippen molar-refractivity contribution in [1.29, 1.82) is 0 Å². The molecule has 106 valence electrons. The molecule has 0 atom stereocenters. The monoisotopic (exact) mass is 426 g/mol. The van der Waals surface area contributed by atoms with E-state index in [9.17, 15) is 4.39 Å². The van der Waals surface area contributed by atoms with Crippen molar-refractivity contribution < 1.29 is 9.13 Å². The highest BCUT2D eigenvalue weighted by Crippen LogP contribution is 2.23. The van der Waals surface area contributed by atoms with Gasteiger partial charge in [0, 0.05) is 13.5 Å². The van der Waals surface area contributed by atoms with E-state index < -0.39 is 5.82 Å². The summed E-state index contributed by atoms with van der Waals surface area (Å²) in [6.07, 6.45) is 0.222. The highest BCUT2D eigenvalue weighted by molar-refractivity contribution is 14.1. The van der Waals surface area contributed by atoms with Crippen LogP contribution in [0.15, 0.2) is 18.2 Å². The van der Waals surface area contributed by atoms with Gasteiger partial charge >= 0.3 is 0 Å². The second-order valence-corrected chi connectivity index (χ2v) is 5.86. The number of ether oxygens (including phenoxy) is 1. The lowest BCUT2D eigenvalue weighted by Crippen LogP contribution is -2.06. The summed E-state index contributed by atoms with van der Waals surface area (Å²) < 4.78 is 19.7. The number of benzene rings is 1. The van der Waals surface area contributed by atoms with Crippen molar-refractivity contribution in [2.24, 2.45) is 0 Å². The van der Waals surface area contributed by atoms with Crippen LogP contribution in [0, 0.1) is 9.39 Å². The minimum Gasteiger partial charge on any atom is -0.378 e. The fraction of sp³-hybridized carbons (Fsp3) is 0.231. The fourth-order valence-electron chi connectivity index (χ4n) is 1.68. The number of hydrogen-bond donors (Lipinski definition) is 0. The Labute approximate surface area is 139 Å². The smallest absolute Gasteiger partial charge is 0.146 e. The van der Waals surface area contributed by atoms with Crippen molar-refractivity contribution in [2.75, 3.05) is 7.11 Å². The normalized spacial score (nSPS) is 10.8. The van der Waals surface area contributed by atoms with Crippen LogP contribution >= 0.6 is 45.8 Å². The third kappa shape index (κ3) is 3.58. The molecule has 0 amide bonds. The van der Waals surface area contributed by atoms with E-state index in [0.29, 0.717) is 28.8 Å². The van der Waals surface area contributed by atoms with Crippen molar-refractivity contribution in [2.45, 2.75) is 13.0 Å². The van der Waals surface area contributed by atoms with Gasteiger partial charge in [0.2, 0.25) is 0 Å². The van der Waals surface area contributed by atoms with E-state index in [2.05, 4.69) is 32.6 Å². The molecule has 3 nitrogen and oxygen atoms in total. The van der Waals surface area contributed by atoms with Gasteiger partial charge in [-0.15, -0.1) is 0 Å². The molecule has 0 radical (unpaired) electrons. The van der Waals surface area contributed by atoms with E-state index in [-0.39, 0.29) is 11.4 Å². The largest absolute Gasteiger partial charge is 0.378 e. The number of aromatic nitrogens is 2. The van der Waals surface area contributed by atoms with Gasteiger partial charge in [-0.3, -0.25) is 0 Å². The summed E-state index contributed by atoms with van der Waals surface area (Å²) in [6, 6.07) is 4.83. The molecule has 0 aliphatic rings. The third-order valence-electron chi connectivity index (χ3n) is 2.59. The summed E-state index contributed by atoms with van der Waals surface area (Å²) in [7, 11) is 1.57. The van der Waals surface area contributed by atoms with Crippen LogP contribution in [-0.4, -0.2) is 17.1 Å². The van der Waals surface area contributed by atoms with Crippen LogP contribution in [0.1, 0.15) is 17.1 Å². The average molecular weight is 427 g/mol. The first-order valence-electron chi connectivity index (χ1n) is 5.65. The van der Waals surface area contributed by atoms with Crippen LogP contribution in [0.4, 0.5) is 4.39 Å². The van der Waals surface area contributed by atoms with E-state index >= 15 is 0 Å². The topological polar surface area (TPSA) is 35.0 Å². The number of methoxy groups -OCH3 is 1. The van der Waals surface area contributed by atoms with Crippen molar-refractivity contribution in [1.82, 2.24) is 9.97 Å². The van der Waals surface area contributed by atoms with Crippen LogP contribution in [0.5, 0.6) is 0 Å². The average Bonchev–Trinajstić information content (AvgIpc) is 2.41. The Morgan fingerprint density at radius 3 is 2.75 bits per heavy atom. The first-order chi connectivity index (χ1) is 9.52. The van der Waals surface area contributed by atoms with Gasteiger partial charge in [0.15, 0.2) is 0 Å². The third-order valence-corrected chi connectivity index (χ3v) is 4.60. The van der Waals surface area contributed by atoms with E-state index in [1.54, 1.807) is 19.2 Å². The van der Waals surface area contributed by atoms with Crippen LogP contribution in [-0.2, 0) is 17.8 Å². The summed E-state index contributed by atoms with van der Waals surface area (Å²) in [5.41, 5.74) is 1.11. The van der Waals surface area contributed by atoms with Crippen molar-refractivity contribution >= 4 is 45.8 Å². The van der Waals surface area contributed by atoms with Crippen LogP contribution in [0.25, 0.3) is 0 Å². The Kier molecular flexibility index (Phi) is 5.54. The molecule has 1 heterocycles. The minimum absolute atomic E-state index is 0.0798. The van der Waals surface area contributed by atoms with E-state index in [4.69, 9.17) is 27.9 Å². The molecule has 1 aromatic heterocycles. The molecule has 2 aromatic rings. The molecule has 0 saturated carbocycles. The van der Waals surface area contributed by atoms with Crippen LogP contribution < -0.4 is 0 Å². The molecule has 2 rings (SSSR count). The lowest BCUT2D eigenvalue weighted by Gasteiger charge is -2.08. The maximum absolute atomic E-state index is 13.9. The van der Waals surface area contributed by atoms with Crippen molar-refractivity contribution in [3.63, 3.8) is 0 Å². The maximum Gasteiger partial charge on any atom is 0.146 e. The Morgan fingerprint density at radius 2 is 2.05 bits per heavy atom. The highest BCUT2D eigenvalue weighted by Gasteiger charge is 2.13. The Bertz CT molecular complexity index is 640. The summed E-state index contributed by atoms with van der Waals surface area (Å²) in [5.74, 6) is -0.0237. The molecular formula is C13H10Cl2FIN2O. The zero-order valence-electron chi connectivity index (χ0n) is 10.5. The number of halogens is 4. The Balaban J connectivity index is 2.36. The Morgan fingerprint density at radius 1 is 1.30 bits per heavy atom. The number of nitrogens with zero attached hydrogens (tertiary/aromatic N) is 2. The predicted molar refractivity (Wildman–Crippen MR) is 84.7 cm³/mol. The zero-order chi connectivity index (χ0) is 14.7. The number of rotatable bonds is 4. The minimum atomic E-state index is -0.458. The first-order valence-corrected chi connectivity index (χ1v) is 7.49. The second-order valence-electron chi connectivity index (χ2n) is 4.01. The summed E-state index contributed by atoms with van der Waals surface area (Å²) >= 11 is 13.9. The van der Waals surface area contributed by atoms with Crippen LogP contribution in [0.2, 0.25) is 10.2 Å². The molecule has 0 N–H and O–H groups in total. The lowest BCUT2D eigenvalue weighted by atomic mass is 10.1. The molecule has 0 spiro atoms. The zero-order valence-corrected chi connectivity index (χ0v) is 14.1. The molecule has 1 aromatic carbocycles. The van der Waals surface area contributed by atoms with E-state index in [1.807, 2.05) is 0 Å². The summed E-state index contributed by atoms with van der Waals surface area (Å²) in [6.45, 7) is 0.325. The van der Waals surface area contributed by atoms with Gasteiger partial charge in [0.25, 0.3) is 0 Å². The van der Waals surface area contributed by atoms with E-state index in [1.165, 1.54) is 6.07 Å². The molecular weight excluding hydrogens is 417 g/mol. The second kappa shape index (κ2) is 6.98.